The summed E-state index contributed by atoms with van der Waals surface area (Å²) in [6.45, 7) is 6.89. The van der Waals surface area contributed by atoms with Gasteiger partial charge < -0.3 is 0 Å². The van der Waals surface area contributed by atoms with Crippen molar-refractivity contribution in [1.82, 2.24) is 0 Å². The third-order valence-electron chi connectivity index (χ3n) is 2.80. The van der Waals surface area contributed by atoms with Gasteiger partial charge in [0.25, 0.3) is 0 Å². The van der Waals surface area contributed by atoms with Crippen molar-refractivity contribution in [2.45, 2.75) is 65.0 Å². The van der Waals surface area contributed by atoms with Gasteiger partial charge in [-0.2, -0.15) is 0 Å². The van der Waals surface area contributed by atoms with Gasteiger partial charge in [-0.1, -0.05) is 52.9 Å². The van der Waals surface area contributed by atoms with Gasteiger partial charge in [-0.05, 0) is 18.0 Å². The van der Waals surface area contributed by atoms with E-state index in [2.05, 4.69) is 30.0 Å². The van der Waals surface area contributed by atoms with Crippen LogP contribution in [0.25, 0.3) is 0 Å². The second-order valence-electron chi connectivity index (χ2n) is 3.74. The summed E-state index contributed by atoms with van der Waals surface area (Å²) in [7, 11) is 3.03. The van der Waals surface area contributed by atoms with Crippen LogP contribution in [-0.2, 0) is 0 Å². The van der Waals surface area contributed by atoms with Crippen molar-refractivity contribution in [2.75, 3.05) is 0 Å². The summed E-state index contributed by atoms with van der Waals surface area (Å²) in [6, 6.07) is 0. The number of hydrogen-bond donors (Lipinski definition) is 0. The Morgan fingerprint density at radius 3 is 2.00 bits per heavy atom. The van der Waals surface area contributed by atoms with E-state index < -0.39 is 0 Å². The number of unbranched alkanes of at least 4 members (excludes halogenated alkanes) is 2. The maximum Gasteiger partial charge on any atom is -0.0236 e. The lowest BCUT2D eigenvalue weighted by molar-refractivity contribution is 0.442. The van der Waals surface area contributed by atoms with Crippen molar-refractivity contribution < 1.29 is 0 Å². The molecule has 0 fully saturated rings. The second-order valence-corrected chi connectivity index (χ2v) is 4.59. The molecule has 2 atom stereocenters. The molecule has 0 heterocycles. The molecule has 0 bridgehead atoms. The van der Waals surface area contributed by atoms with E-state index in [1.165, 1.54) is 38.5 Å². The molecule has 0 spiro atoms. The van der Waals surface area contributed by atoms with Gasteiger partial charge in [0.2, 0.25) is 0 Å². The molecule has 1 heteroatoms. The van der Waals surface area contributed by atoms with Gasteiger partial charge in [-0.15, -0.1) is 9.24 Å². The number of rotatable bonds is 7. The van der Waals surface area contributed by atoms with E-state index in [4.69, 9.17) is 0 Å². The molecule has 0 N–H and O–H groups in total. The van der Waals surface area contributed by atoms with Crippen LogP contribution in [0.1, 0.15) is 59.3 Å². The van der Waals surface area contributed by atoms with E-state index in [1.807, 2.05) is 0 Å². The average molecular weight is 188 g/mol. The zero-order chi connectivity index (χ0) is 9.40. The van der Waals surface area contributed by atoms with Gasteiger partial charge in [0, 0.05) is 0 Å². The van der Waals surface area contributed by atoms with Gasteiger partial charge in [-0.3, -0.25) is 0 Å². The standard InChI is InChI=1S/C11H25P/c1-4-7-8-9-11(12)10(5-2)6-3/h10-11H,4-9,12H2,1-3H3. The molecule has 0 aliphatic carbocycles. The molecule has 0 aliphatic heterocycles. The molecule has 0 rings (SSSR count). The van der Waals surface area contributed by atoms with Crippen LogP contribution in [0.15, 0.2) is 0 Å². The summed E-state index contributed by atoms with van der Waals surface area (Å²) in [6.07, 6.45) is 8.27. The molecule has 12 heavy (non-hydrogen) atoms. The molecule has 0 aromatic rings. The Bertz CT molecular complexity index is 87.0. The smallest absolute Gasteiger partial charge is 0.0236 e. The van der Waals surface area contributed by atoms with E-state index in [9.17, 15) is 0 Å². The van der Waals surface area contributed by atoms with Crippen LogP contribution >= 0.6 is 9.24 Å². The van der Waals surface area contributed by atoms with Crippen LogP contribution < -0.4 is 0 Å². The summed E-state index contributed by atoms with van der Waals surface area (Å²) < 4.78 is 0. The second kappa shape index (κ2) is 8.05. The van der Waals surface area contributed by atoms with E-state index in [0.29, 0.717) is 0 Å². The van der Waals surface area contributed by atoms with Crippen LogP contribution in [0.3, 0.4) is 0 Å². The van der Waals surface area contributed by atoms with Crippen molar-refractivity contribution in [1.29, 1.82) is 0 Å². The molecule has 0 aromatic heterocycles. The highest BCUT2D eigenvalue weighted by Gasteiger charge is 2.12. The Kier molecular flexibility index (Phi) is 8.34. The fraction of sp³-hybridized carbons (Fsp3) is 1.00. The van der Waals surface area contributed by atoms with E-state index in [-0.39, 0.29) is 0 Å². The van der Waals surface area contributed by atoms with Crippen molar-refractivity contribution in [3.05, 3.63) is 0 Å². The number of hydrogen-bond acceptors (Lipinski definition) is 0. The van der Waals surface area contributed by atoms with E-state index in [0.717, 1.165) is 11.6 Å². The third-order valence-corrected chi connectivity index (χ3v) is 3.67. The fourth-order valence-corrected chi connectivity index (χ4v) is 2.54. The van der Waals surface area contributed by atoms with Gasteiger partial charge in [-0.25, -0.2) is 0 Å². The molecular weight excluding hydrogens is 163 g/mol. The summed E-state index contributed by atoms with van der Waals surface area (Å²) in [5, 5.41) is 0. The predicted molar refractivity (Wildman–Crippen MR) is 61.7 cm³/mol. The minimum atomic E-state index is 0.867. The van der Waals surface area contributed by atoms with Gasteiger partial charge in [0.05, 0.1) is 0 Å². The molecular formula is C11H25P. The zero-order valence-corrected chi connectivity index (χ0v) is 10.1. The van der Waals surface area contributed by atoms with Gasteiger partial charge in [0.1, 0.15) is 0 Å². The Morgan fingerprint density at radius 1 is 1.00 bits per heavy atom. The topological polar surface area (TPSA) is 0 Å². The molecule has 0 aromatic carbocycles. The molecule has 0 nitrogen and oxygen atoms in total. The quantitative estimate of drug-likeness (QED) is 0.414. The zero-order valence-electron chi connectivity index (χ0n) is 8.97. The summed E-state index contributed by atoms with van der Waals surface area (Å²) in [5.41, 5.74) is 0.867. The SMILES string of the molecule is CCCCCC(P)C(CC)CC. The van der Waals surface area contributed by atoms with E-state index in [1.54, 1.807) is 0 Å². The normalized spacial score (nSPS) is 13.8. The third kappa shape index (κ3) is 5.14. The molecule has 0 radical (unpaired) electrons. The molecule has 2 unspecified atom stereocenters. The summed E-state index contributed by atoms with van der Waals surface area (Å²) in [5.74, 6) is 0.937. The molecule has 74 valence electrons. The predicted octanol–water partition coefficient (Wildman–Crippen LogP) is 4.25. The van der Waals surface area contributed by atoms with Crippen LogP contribution in [0.4, 0.5) is 0 Å². The minimum absolute atomic E-state index is 0.867. The van der Waals surface area contributed by atoms with Gasteiger partial charge >= 0.3 is 0 Å². The lowest BCUT2D eigenvalue weighted by Crippen LogP contribution is -2.12. The first-order valence-corrected chi connectivity index (χ1v) is 6.18. The highest BCUT2D eigenvalue weighted by Crippen LogP contribution is 2.25. The first-order valence-electron chi connectivity index (χ1n) is 5.51. The van der Waals surface area contributed by atoms with Crippen LogP contribution in [0.2, 0.25) is 0 Å². The molecule has 0 saturated carbocycles. The average Bonchev–Trinajstić information content (AvgIpc) is 2.07. The van der Waals surface area contributed by atoms with Crippen molar-refractivity contribution in [3.63, 3.8) is 0 Å². The first-order chi connectivity index (χ1) is 5.76. The first kappa shape index (κ1) is 12.4. The maximum absolute atomic E-state index is 3.03. The highest BCUT2D eigenvalue weighted by atomic mass is 31.0. The Labute approximate surface area is 80.7 Å². The fourth-order valence-electron chi connectivity index (χ4n) is 1.76. The van der Waals surface area contributed by atoms with E-state index >= 15 is 0 Å². The Hall–Kier alpha value is 0.430. The molecule has 0 saturated heterocycles. The van der Waals surface area contributed by atoms with Crippen molar-refractivity contribution in [2.24, 2.45) is 5.92 Å². The summed E-state index contributed by atoms with van der Waals surface area (Å²) >= 11 is 0. The largest absolute Gasteiger partial charge is 0.134 e. The molecule has 0 aliphatic rings. The molecule has 0 amide bonds. The van der Waals surface area contributed by atoms with Crippen LogP contribution in [0, 0.1) is 5.92 Å². The van der Waals surface area contributed by atoms with Crippen LogP contribution in [-0.4, -0.2) is 5.66 Å². The highest BCUT2D eigenvalue weighted by molar-refractivity contribution is 7.17. The Morgan fingerprint density at radius 2 is 1.58 bits per heavy atom. The van der Waals surface area contributed by atoms with Crippen LogP contribution in [0.5, 0.6) is 0 Å². The lowest BCUT2D eigenvalue weighted by atomic mass is 9.95. The van der Waals surface area contributed by atoms with Crippen molar-refractivity contribution in [3.8, 4) is 0 Å². The maximum atomic E-state index is 3.03. The Balaban J connectivity index is 3.47. The monoisotopic (exact) mass is 188 g/mol. The summed E-state index contributed by atoms with van der Waals surface area (Å²) in [4.78, 5) is 0. The van der Waals surface area contributed by atoms with Gasteiger partial charge in [0.15, 0.2) is 0 Å². The van der Waals surface area contributed by atoms with Crippen molar-refractivity contribution >= 4 is 9.24 Å². The minimum Gasteiger partial charge on any atom is -0.134 e. The lowest BCUT2D eigenvalue weighted by Gasteiger charge is -2.20.